The SMILES string of the molecule is C=C(C)C[C@H](OCc1ccccc1)C(=O)N1CCOCC1. The second-order valence-corrected chi connectivity index (χ2v) is 5.38. The first-order valence-electron chi connectivity index (χ1n) is 7.33. The monoisotopic (exact) mass is 289 g/mol. The quantitative estimate of drug-likeness (QED) is 0.755. The van der Waals surface area contributed by atoms with Crippen LogP contribution in [0.4, 0.5) is 0 Å². The van der Waals surface area contributed by atoms with Crippen LogP contribution in [0.25, 0.3) is 0 Å². The van der Waals surface area contributed by atoms with Gasteiger partial charge in [0, 0.05) is 19.5 Å². The van der Waals surface area contributed by atoms with Crippen LogP contribution >= 0.6 is 0 Å². The Morgan fingerprint density at radius 2 is 2.00 bits per heavy atom. The minimum atomic E-state index is -0.458. The van der Waals surface area contributed by atoms with Gasteiger partial charge in [0.2, 0.25) is 0 Å². The summed E-state index contributed by atoms with van der Waals surface area (Å²) in [6.45, 7) is 8.74. The molecule has 1 saturated heterocycles. The van der Waals surface area contributed by atoms with Crippen LogP contribution in [-0.4, -0.2) is 43.2 Å². The Kier molecular flexibility index (Phi) is 5.96. The summed E-state index contributed by atoms with van der Waals surface area (Å²) in [5.41, 5.74) is 2.02. The Morgan fingerprint density at radius 3 is 2.62 bits per heavy atom. The molecule has 2 rings (SSSR count). The van der Waals surface area contributed by atoms with Crippen molar-refractivity contribution >= 4 is 5.91 Å². The summed E-state index contributed by atoms with van der Waals surface area (Å²) in [7, 11) is 0. The van der Waals surface area contributed by atoms with E-state index in [1.807, 2.05) is 42.2 Å². The number of ether oxygens (including phenoxy) is 2. The molecule has 1 aliphatic heterocycles. The van der Waals surface area contributed by atoms with Gasteiger partial charge >= 0.3 is 0 Å². The number of amides is 1. The maximum Gasteiger partial charge on any atom is 0.252 e. The molecule has 4 nitrogen and oxygen atoms in total. The van der Waals surface area contributed by atoms with Crippen LogP contribution < -0.4 is 0 Å². The molecule has 1 atom stereocenters. The lowest BCUT2D eigenvalue weighted by Gasteiger charge is -2.30. The molecular formula is C17H23NO3. The molecule has 0 radical (unpaired) electrons. The van der Waals surface area contributed by atoms with Gasteiger partial charge in [-0.2, -0.15) is 0 Å². The molecule has 4 heteroatoms. The van der Waals surface area contributed by atoms with Gasteiger partial charge < -0.3 is 14.4 Å². The second kappa shape index (κ2) is 7.96. The first kappa shape index (κ1) is 15.7. The first-order chi connectivity index (χ1) is 10.2. The minimum absolute atomic E-state index is 0.0391. The van der Waals surface area contributed by atoms with Gasteiger partial charge in [0.05, 0.1) is 19.8 Å². The van der Waals surface area contributed by atoms with Gasteiger partial charge in [0.15, 0.2) is 0 Å². The lowest BCUT2D eigenvalue weighted by atomic mass is 10.1. The highest BCUT2D eigenvalue weighted by atomic mass is 16.5. The third-order valence-corrected chi connectivity index (χ3v) is 3.43. The van der Waals surface area contributed by atoms with E-state index in [0.717, 1.165) is 11.1 Å². The summed E-state index contributed by atoms with van der Waals surface area (Å²) >= 11 is 0. The van der Waals surface area contributed by atoms with E-state index in [1.165, 1.54) is 0 Å². The molecule has 1 heterocycles. The largest absolute Gasteiger partial charge is 0.378 e. The second-order valence-electron chi connectivity index (χ2n) is 5.38. The molecule has 1 aliphatic rings. The average Bonchev–Trinajstić information content (AvgIpc) is 2.52. The molecule has 0 unspecified atom stereocenters. The summed E-state index contributed by atoms with van der Waals surface area (Å²) in [6, 6.07) is 9.90. The molecule has 0 aromatic heterocycles. The normalized spacial score (nSPS) is 16.5. The van der Waals surface area contributed by atoms with Crippen LogP contribution in [0.5, 0.6) is 0 Å². The van der Waals surface area contributed by atoms with Crippen molar-refractivity contribution < 1.29 is 14.3 Å². The van der Waals surface area contributed by atoms with Gasteiger partial charge in [-0.15, -0.1) is 6.58 Å². The molecule has 0 aliphatic carbocycles. The fourth-order valence-corrected chi connectivity index (χ4v) is 2.29. The van der Waals surface area contributed by atoms with E-state index in [2.05, 4.69) is 6.58 Å². The Labute approximate surface area is 126 Å². The average molecular weight is 289 g/mol. The van der Waals surface area contributed by atoms with E-state index in [4.69, 9.17) is 9.47 Å². The van der Waals surface area contributed by atoms with E-state index in [1.54, 1.807) is 0 Å². The Balaban J connectivity index is 1.96. The fraction of sp³-hybridized carbons (Fsp3) is 0.471. The molecule has 114 valence electrons. The van der Waals surface area contributed by atoms with Gasteiger partial charge in [-0.1, -0.05) is 35.9 Å². The van der Waals surface area contributed by atoms with E-state index >= 15 is 0 Å². The van der Waals surface area contributed by atoms with Gasteiger partial charge in [-0.3, -0.25) is 4.79 Å². The van der Waals surface area contributed by atoms with Crippen molar-refractivity contribution in [2.24, 2.45) is 0 Å². The van der Waals surface area contributed by atoms with Crippen LogP contribution in [0, 0.1) is 0 Å². The molecule has 1 amide bonds. The van der Waals surface area contributed by atoms with Crippen molar-refractivity contribution in [2.45, 2.75) is 26.1 Å². The van der Waals surface area contributed by atoms with Crippen molar-refractivity contribution in [3.05, 3.63) is 48.0 Å². The number of hydrogen-bond acceptors (Lipinski definition) is 3. The van der Waals surface area contributed by atoms with Crippen molar-refractivity contribution in [1.82, 2.24) is 4.90 Å². The first-order valence-corrected chi connectivity index (χ1v) is 7.33. The van der Waals surface area contributed by atoms with Crippen LogP contribution in [0.15, 0.2) is 42.5 Å². The summed E-state index contributed by atoms with van der Waals surface area (Å²) in [4.78, 5) is 14.4. The third kappa shape index (κ3) is 4.99. The summed E-state index contributed by atoms with van der Waals surface area (Å²) in [5.74, 6) is 0.0391. The molecule has 0 spiro atoms. The number of morpholine rings is 1. The van der Waals surface area contributed by atoms with Crippen LogP contribution in [0.2, 0.25) is 0 Å². The Bertz CT molecular complexity index is 466. The highest BCUT2D eigenvalue weighted by Crippen LogP contribution is 2.14. The minimum Gasteiger partial charge on any atom is -0.378 e. The van der Waals surface area contributed by atoms with Gasteiger partial charge in [-0.25, -0.2) is 0 Å². The predicted octanol–water partition coefficient (Wildman–Crippen LogP) is 2.40. The molecule has 21 heavy (non-hydrogen) atoms. The standard InChI is InChI=1S/C17H23NO3/c1-14(2)12-16(17(19)18-8-10-20-11-9-18)21-13-15-6-4-3-5-7-15/h3-7,16H,1,8-13H2,2H3/t16-/m0/s1. The number of benzene rings is 1. The highest BCUT2D eigenvalue weighted by Gasteiger charge is 2.26. The molecule has 0 saturated carbocycles. The number of carbonyl (C=O) groups excluding carboxylic acids is 1. The van der Waals surface area contributed by atoms with Crippen LogP contribution in [-0.2, 0) is 20.9 Å². The number of hydrogen-bond donors (Lipinski definition) is 0. The van der Waals surface area contributed by atoms with E-state index < -0.39 is 6.10 Å². The van der Waals surface area contributed by atoms with E-state index in [0.29, 0.717) is 39.3 Å². The zero-order valence-corrected chi connectivity index (χ0v) is 12.6. The fourth-order valence-electron chi connectivity index (χ4n) is 2.29. The van der Waals surface area contributed by atoms with Crippen LogP contribution in [0.3, 0.4) is 0 Å². The Hall–Kier alpha value is -1.65. The van der Waals surface area contributed by atoms with Crippen molar-refractivity contribution in [3.63, 3.8) is 0 Å². The van der Waals surface area contributed by atoms with Gasteiger partial charge in [-0.05, 0) is 12.5 Å². The maximum absolute atomic E-state index is 12.6. The highest BCUT2D eigenvalue weighted by molar-refractivity contribution is 5.81. The molecule has 1 fully saturated rings. The van der Waals surface area contributed by atoms with E-state index in [-0.39, 0.29) is 5.91 Å². The van der Waals surface area contributed by atoms with Crippen LogP contribution in [0.1, 0.15) is 18.9 Å². The lowest BCUT2D eigenvalue weighted by molar-refractivity contribution is -0.148. The molecule has 0 N–H and O–H groups in total. The summed E-state index contributed by atoms with van der Waals surface area (Å²) < 4.78 is 11.1. The number of nitrogens with zero attached hydrogens (tertiary/aromatic N) is 1. The van der Waals surface area contributed by atoms with Crippen molar-refractivity contribution in [1.29, 1.82) is 0 Å². The zero-order valence-electron chi connectivity index (χ0n) is 12.6. The smallest absolute Gasteiger partial charge is 0.252 e. The topological polar surface area (TPSA) is 38.8 Å². The molecule has 1 aromatic carbocycles. The number of rotatable bonds is 6. The maximum atomic E-state index is 12.6. The molecule has 1 aromatic rings. The number of carbonyl (C=O) groups is 1. The van der Waals surface area contributed by atoms with Gasteiger partial charge in [0.1, 0.15) is 6.10 Å². The van der Waals surface area contributed by atoms with Crippen molar-refractivity contribution in [2.75, 3.05) is 26.3 Å². The zero-order chi connectivity index (χ0) is 15.1. The van der Waals surface area contributed by atoms with Crippen molar-refractivity contribution in [3.8, 4) is 0 Å². The third-order valence-electron chi connectivity index (χ3n) is 3.43. The predicted molar refractivity (Wildman–Crippen MR) is 81.8 cm³/mol. The molecular weight excluding hydrogens is 266 g/mol. The van der Waals surface area contributed by atoms with E-state index in [9.17, 15) is 4.79 Å². The lowest BCUT2D eigenvalue weighted by Crippen LogP contribution is -2.46. The van der Waals surface area contributed by atoms with Gasteiger partial charge in [0.25, 0.3) is 5.91 Å². The molecule has 0 bridgehead atoms. The summed E-state index contributed by atoms with van der Waals surface area (Å²) in [5, 5.41) is 0. The Morgan fingerprint density at radius 1 is 1.33 bits per heavy atom. The summed E-state index contributed by atoms with van der Waals surface area (Å²) in [6.07, 6.45) is 0.101.